The quantitative estimate of drug-likeness (QED) is 0.719. The number of amides is 1. The van der Waals surface area contributed by atoms with E-state index in [1.54, 1.807) is 6.92 Å². The first-order valence-electron chi connectivity index (χ1n) is 9.50. The molecule has 1 aromatic carbocycles. The Hall–Kier alpha value is -3.09. The molecule has 7 heteroatoms. The van der Waals surface area contributed by atoms with Crippen LogP contribution in [0.25, 0.3) is 0 Å². The molecule has 1 aromatic heterocycles. The molecule has 7 nitrogen and oxygen atoms in total. The van der Waals surface area contributed by atoms with Crippen molar-refractivity contribution in [1.29, 1.82) is 0 Å². The van der Waals surface area contributed by atoms with E-state index in [9.17, 15) is 14.4 Å². The van der Waals surface area contributed by atoms with E-state index in [0.29, 0.717) is 28.9 Å². The Labute approximate surface area is 170 Å². The highest BCUT2D eigenvalue weighted by molar-refractivity contribution is 6.01. The van der Waals surface area contributed by atoms with Crippen molar-refractivity contribution in [2.24, 2.45) is 0 Å². The lowest BCUT2D eigenvalue weighted by Crippen LogP contribution is -2.30. The van der Waals surface area contributed by atoms with E-state index in [-0.39, 0.29) is 5.69 Å². The first kappa shape index (κ1) is 22.2. The molecule has 1 atom stereocenters. The second-order valence-corrected chi connectivity index (χ2v) is 7.13. The second kappa shape index (κ2) is 8.94. The van der Waals surface area contributed by atoms with Gasteiger partial charge >= 0.3 is 11.9 Å². The highest BCUT2D eigenvalue weighted by atomic mass is 16.5. The molecule has 1 amide bonds. The van der Waals surface area contributed by atoms with Gasteiger partial charge < -0.3 is 19.8 Å². The third-order valence-corrected chi connectivity index (χ3v) is 4.85. The van der Waals surface area contributed by atoms with Crippen molar-refractivity contribution in [3.8, 4) is 0 Å². The van der Waals surface area contributed by atoms with Crippen LogP contribution in [0.2, 0.25) is 0 Å². The van der Waals surface area contributed by atoms with E-state index in [0.717, 1.165) is 16.7 Å². The Bertz CT molecular complexity index is 935. The van der Waals surface area contributed by atoms with Gasteiger partial charge in [0.05, 0.1) is 12.7 Å². The molecule has 0 aliphatic heterocycles. The normalized spacial score (nSPS) is 11.7. The summed E-state index contributed by atoms with van der Waals surface area (Å²) in [7, 11) is 1.29. The van der Waals surface area contributed by atoms with E-state index < -0.39 is 23.9 Å². The van der Waals surface area contributed by atoms with E-state index >= 15 is 0 Å². The number of nitrogens with one attached hydrogen (secondary N) is 2. The first-order valence-corrected chi connectivity index (χ1v) is 9.50. The van der Waals surface area contributed by atoms with Crippen molar-refractivity contribution in [2.75, 3.05) is 12.4 Å². The van der Waals surface area contributed by atoms with Gasteiger partial charge in [0.15, 0.2) is 6.10 Å². The summed E-state index contributed by atoms with van der Waals surface area (Å²) in [5.41, 5.74) is 5.18. The maximum atomic E-state index is 12.6. The van der Waals surface area contributed by atoms with Crippen LogP contribution in [-0.2, 0) is 20.7 Å². The predicted molar refractivity (Wildman–Crippen MR) is 110 cm³/mol. The van der Waals surface area contributed by atoms with Gasteiger partial charge in [0.1, 0.15) is 5.69 Å². The van der Waals surface area contributed by atoms with Crippen LogP contribution in [0, 0.1) is 27.7 Å². The summed E-state index contributed by atoms with van der Waals surface area (Å²) in [4.78, 5) is 40.1. The molecule has 0 saturated carbocycles. The number of rotatable bonds is 6. The number of anilines is 1. The predicted octanol–water partition coefficient (Wildman–Crippen LogP) is 3.78. The van der Waals surface area contributed by atoms with Gasteiger partial charge in [-0.3, -0.25) is 4.79 Å². The number of aromatic nitrogens is 1. The molecule has 2 rings (SSSR count). The summed E-state index contributed by atoms with van der Waals surface area (Å²) >= 11 is 0. The summed E-state index contributed by atoms with van der Waals surface area (Å²) in [6.45, 7) is 10.8. The van der Waals surface area contributed by atoms with E-state index in [1.807, 2.05) is 39.8 Å². The zero-order valence-corrected chi connectivity index (χ0v) is 18.0. The third kappa shape index (κ3) is 4.67. The van der Waals surface area contributed by atoms with Gasteiger partial charge in [0.25, 0.3) is 5.91 Å². The minimum atomic E-state index is -1.02. The lowest BCUT2D eigenvalue weighted by Gasteiger charge is -2.17. The topological polar surface area (TPSA) is 97.5 Å². The maximum Gasteiger partial charge on any atom is 0.355 e. The molecule has 29 heavy (non-hydrogen) atoms. The molecule has 2 N–H and O–H groups in total. The average molecular weight is 400 g/mol. The van der Waals surface area contributed by atoms with Gasteiger partial charge in [-0.05, 0) is 57.7 Å². The molecular formula is C22H28N2O5. The highest BCUT2D eigenvalue weighted by Gasteiger charge is 2.27. The van der Waals surface area contributed by atoms with E-state index in [1.165, 1.54) is 14.0 Å². The minimum absolute atomic E-state index is 0.143. The smallest absolute Gasteiger partial charge is 0.355 e. The molecule has 1 heterocycles. The summed E-state index contributed by atoms with van der Waals surface area (Å²) < 4.78 is 10.1. The molecule has 0 spiro atoms. The van der Waals surface area contributed by atoms with Crippen molar-refractivity contribution >= 4 is 23.5 Å². The monoisotopic (exact) mass is 400 g/mol. The molecule has 0 aliphatic carbocycles. The number of carbonyl (C=O) groups is 3. The second-order valence-electron chi connectivity index (χ2n) is 7.13. The number of carbonyl (C=O) groups excluding carboxylic acids is 3. The van der Waals surface area contributed by atoms with Crippen LogP contribution < -0.4 is 5.32 Å². The molecule has 2 aromatic rings. The number of hydrogen-bond donors (Lipinski definition) is 2. The third-order valence-electron chi connectivity index (χ3n) is 4.85. The highest BCUT2D eigenvalue weighted by Crippen LogP contribution is 2.23. The SMILES string of the molecule is CCc1[nH]c(C(=O)OC(C)C(=O)Nc2c(C)cc(C)cc2C)c(C)c1C(=O)OC. The largest absolute Gasteiger partial charge is 0.465 e. The number of aryl methyl sites for hydroxylation is 4. The molecule has 1 unspecified atom stereocenters. The maximum absolute atomic E-state index is 12.6. The number of ether oxygens (including phenoxy) is 2. The number of hydrogen-bond acceptors (Lipinski definition) is 5. The zero-order chi connectivity index (χ0) is 21.9. The van der Waals surface area contributed by atoms with Crippen LogP contribution in [0.5, 0.6) is 0 Å². The number of aromatic amines is 1. The van der Waals surface area contributed by atoms with Crippen LogP contribution in [0.1, 0.15) is 62.6 Å². The van der Waals surface area contributed by atoms with Gasteiger partial charge in [0.2, 0.25) is 0 Å². The molecular weight excluding hydrogens is 372 g/mol. The molecule has 156 valence electrons. The minimum Gasteiger partial charge on any atom is -0.465 e. The van der Waals surface area contributed by atoms with Crippen molar-refractivity contribution in [3.05, 3.63) is 51.3 Å². The number of methoxy groups -OCH3 is 1. The van der Waals surface area contributed by atoms with Crippen molar-refractivity contribution in [3.63, 3.8) is 0 Å². The summed E-state index contributed by atoms with van der Waals surface area (Å²) in [5.74, 6) is -1.65. The molecule has 0 aliphatic rings. The van der Waals surface area contributed by atoms with Gasteiger partial charge in [-0.15, -0.1) is 0 Å². The van der Waals surface area contributed by atoms with Gasteiger partial charge in [-0.2, -0.15) is 0 Å². The van der Waals surface area contributed by atoms with E-state index in [2.05, 4.69) is 10.3 Å². The lowest BCUT2D eigenvalue weighted by atomic mass is 10.0. The van der Waals surface area contributed by atoms with Crippen molar-refractivity contribution < 1.29 is 23.9 Å². The molecule has 0 fully saturated rings. The van der Waals surface area contributed by atoms with Crippen LogP contribution in [0.3, 0.4) is 0 Å². The van der Waals surface area contributed by atoms with Crippen molar-refractivity contribution in [2.45, 2.75) is 54.1 Å². The fourth-order valence-corrected chi connectivity index (χ4v) is 3.38. The lowest BCUT2D eigenvalue weighted by molar-refractivity contribution is -0.123. The fraction of sp³-hybridized carbons (Fsp3) is 0.409. The van der Waals surface area contributed by atoms with Crippen LogP contribution in [0.15, 0.2) is 12.1 Å². The fourth-order valence-electron chi connectivity index (χ4n) is 3.38. The van der Waals surface area contributed by atoms with E-state index in [4.69, 9.17) is 9.47 Å². The molecule has 0 radical (unpaired) electrons. The number of benzene rings is 1. The van der Waals surface area contributed by atoms with Gasteiger partial charge in [-0.1, -0.05) is 24.6 Å². The Morgan fingerprint density at radius 2 is 1.66 bits per heavy atom. The average Bonchev–Trinajstić information content (AvgIpc) is 3.00. The molecule has 0 saturated heterocycles. The molecule has 0 bridgehead atoms. The zero-order valence-electron chi connectivity index (χ0n) is 18.0. The first-order chi connectivity index (χ1) is 13.6. The Balaban J connectivity index is 2.18. The summed E-state index contributed by atoms with van der Waals surface area (Å²) in [6.07, 6.45) is -0.502. The number of esters is 2. The summed E-state index contributed by atoms with van der Waals surface area (Å²) in [5, 5.41) is 2.83. The van der Waals surface area contributed by atoms with Crippen LogP contribution in [0.4, 0.5) is 5.69 Å². The Morgan fingerprint density at radius 1 is 1.07 bits per heavy atom. The van der Waals surface area contributed by atoms with Crippen LogP contribution >= 0.6 is 0 Å². The Kier molecular flexibility index (Phi) is 6.84. The summed E-state index contributed by atoms with van der Waals surface area (Å²) in [6, 6.07) is 3.95. The van der Waals surface area contributed by atoms with Gasteiger partial charge in [-0.25, -0.2) is 9.59 Å². The Morgan fingerprint density at radius 3 is 2.17 bits per heavy atom. The van der Waals surface area contributed by atoms with Crippen LogP contribution in [-0.4, -0.2) is 36.0 Å². The number of H-pyrrole nitrogens is 1. The standard InChI is InChI=1S/C22H28N2O5/c1-8-16-17(21(26)28-7)14(5)19(23-16)22(27)29-15(6)20(25)24-18-12(3)9-11(2)10-13(18)4/h9-10,15,23H,8H2,1-7H3,(H,24,25). The van der Waals surface area contributed by atoms with Crippen molar-refractivity contribution in [1.82, 2.24) is 4.98 Å². The van der Waals surface area contributed by atoms with Gasteiger partial charge in [0, 0.05) is 11.4 Å².